The lowest BCUT2D eigenvalue weighted by Crippen LogP contribution is -2.28. The van der Waals surface area contributed by atoms with Gasteiger partial charge < -0.3 is 10.4 Å². The van der Waals surface area contributed by atoms with Gasteiger partial charge >= 0.3 is 5.51 Å². The quantitative estimate of drug-likeness (QED) is 0.652. The number of thioether (sulfide) groups is 1. The summed E-state index contributed by atoms with van der Waals surface area (Å²) in [7, 11) is 0. The highest BCUT2D eigenvalue weighted by Gasteiger charge is 2.27. The molecule has 1 amide bonds. The van der Waals surface area contributed by atoms with Crippen LogP contribution in [0.1, 0.15) is 16.1 Å². The largest absolute Gasteiger partial charge is 0.441 e. The fraction of sp³-hybridized carbons (Fsp3) is 0.333. The number of pyridine rings is 1. The van der Waals surface area contributed by atoms with E-state index in [1.807, 2.05) is 0 Å². The summed E-state index contributed by atoms with van der Waals surface area (Å²) in [6.45, 7) is -0.495. The number of carbonyl (C=O) groups excluding carboxylic acids is 1. The van der Waals surface area contributed by atoms with Crippen molar-refractivity contribution in [2.75, 3.05) is 18.9 Å². The van der Waals surface area contributed by atoms with Gasteiger partial charge in [-0.05, 0) is 23.9 Å². The van der Waals surface area contributed by atoms with E-state index in [0.717, 1.165) is 0 Å². The molecule has 0 saturated heterocycles. The second-order valence-corrected chi connectivity index (χ2v) is 4.57. The third kappa shape index (κ3) is 5.95. The molecule has 0 saturated carbocycles. The molecule has 108 valence electrons. The molecule has 0 fully saturated rings. The van der Waals surface area contributed by atoms with Crippen molar-refractivity contribution < 1.29 is 23.1 Å². The van der Waals surface area contributed by atoms with E-state index in [-0.39, 0.29) is 36.4 Å². The smallest absolute Gasteiger partial charge is 0.384 e. The SMILES string of the molecule is O=C(NCCSC(F)(F)F)c1ncccc1C#CCO. The zero-order chi connectivity index (χ0) is 15.0. The second kappa shape index (κ2) is 7.77. The summed E-state index contributed by atoms with van der Waals surface area (Å²) in [5, 5.41) is 10.9. The Morgan fingerprint density at radius 1 is 1.50 bits per heavy atom. The Hall–Kier alpha value is -1.72. The molecule has 2 N–H and O–H groups in total. The molecule has 0 aliphatic rings. The van der Waals surface area contributed by atoms with Crippen molar-refractivity contribution in [1.29, 1.82) is 0 Å². The Labute approximate surface area is 117 Å². The van der Waals surface area contributed by atoms with Crippen molar-refractivity contribution in [2.45, 2.75) is 5.51 Å². The van der Waals surface area contributed by atoms with Crippen molar-refractivity contribution >= 4 is 17.7 Å². The zero-order valence-corrected chi connectivity index (χ0v) is 11.0. The minimum absolute atomic E-state index is 0.0189. The van der Waals surface area contributed by atoms with Gasteiger partial charge in [-0.2, -0.15) is 13.2 Å². The maximum atomic E-state index is 11.9. The van der Waals surface area contributed by atoms with Gasteiger partial charge in [-0.3, -0.25) is 4.79 Å². The maximum absolute atomic E-state index is 11.9. The van der Waals surface area contributed by atoms with Crippen LogP contribution in [0.15, 0.2) is 18.3 Å². The number of rotatable bonds is 4. The van der Waals surface area contributed by atoms with Crippen LogP contribution in [-0.2, 0) is 0 Å². The third-order valence-electron chi connectivity index (χ3n) is 1.98. The summed E-state index contributed by atoms with van der Waals surface area (Å²) in [5.41, 5.74) is -3.99. The highest BCUT2D eigenvalue weighted by atomic mass is 32.2. The molecule has 1 aromatic rings. The van der Waals surface area contributed by atoms with Crippen LogP contribution in [-0.4, -0.2) is 40.4 Å². The van der Waals surface area contributed by atoms with Gasteiger partial charge in [0.15, 0.2) is 0 Å². The van der Waals surface area contributed by atoms with Crippen LogP contribution in [0.3, 0.4) is 0 Å². The number of aromatic nitrogens is 1. The normalized spacial score (nSPS) is 10.6. The number of hydrogen-bond donors (Lipinski definition) is 2. The molecule has 20 heavy (non-hydrogen) atoms. The van der Waals surface area contributed by atoms with Gasteiger partial charge in [0.2, 0.25) is 0 Å². The van der Waals surface area contributed by atoms with E-state index in [2.05, 4.69) is 22.1 Å². The van der Waals surface area contributed by atoms with Crippen LogP contribution in [0.2, 0.25) is 0 Å². The molecule has 8 heteroatoms. The minimum Gasteiger partial charge on any atom is -0.384 e. The molecule has 0 aliphatic heterocycles. The van der Waals surface area contributed by atoms with Crippen molar-refractivity contribution in [3.63, 3.8) is 0 Å². The van der Waals surface area contributed by atoms with Gasteiger partial charge in [0.05, 0.1) is 5.56 Å². The molecule has 0 bridgehead atoms. The van der Waals surface area contributed by atoms with E-state index in [1.54, 1.807) is 6.07 Å². The first-order valence-corrected chi connectivity index (χ1v) is 6.46. The number of nitrogens with zero attached hydrogens (tertiary/aromatic N) is 1. The summed E-state index contributed by atoms with van der Waals surface area (Å²) in [6, 6.07) is 3.10. The molecule has 1 rings (SSSR count). The van der Waals surface area contributed by atoms with Gasteiger partial charge in [0, 0.05) is 18.5 Å². The first-order chi connectivity index (χ1) is 9.44. The van der Waals surface area contributed by atoms with E-state index < -0.39 is 11.4 Å². The Morgan fingerprint density at radius 3 is 2.90 bits per heavy atom. The van der Waals surface area contributed by atoms with Crippen LogP contribution < -0.4 is 5.32 Å². The van der Waals surface area contributed by atoms with Crippen LogP contribution >= 0.6 is 11.8 Å². The summed E-state index contributed by atoms with van der Waals surface area (Å²) in [6.07, 6.45) is 1.38. The van der Waals surface area contributed by atoms with E-state index in [0.29, 0.717) is 5.56 Å². The Bertz CT molecular complexity index is 523. The average Bonchev–Trinajstić information content (AvgIpc) is 2.40. The first-order valence-electron chi connectivity index (χ1n) is 5.47. The van der Waals surface area contributed by atoms with Crippen LogP contribution in [0, 0.1) is 11.8 Å². The van der Waals surface area contributed by atoms with Crippen molar-refractivity contribution in [2.24, 2.45) is 0 Å². The number of carbonyl (C=O) groups is 1. The van der Waals surface area contributed by atoms with Crippen LogP contribution in [0.5, 0.6) is 0 Å². The van der Waals surface area contributed by atoms with E-state index >= 15 is 0 Å². The average molecular weight is 304 g/mol. The monoisotopic (exact) mass is 304 g/mol. The molecule has 1 heterocycles. The first kappa shape index (κ1) is 16.3. The standard InChI is InChI=1S/C12H11F3N2O2S/c13-12(14,15)20-8-6-17-11(19)10-9(4-2-7-18)3-1-5-16-10/h1,3,5,18H,6-8H2,(H,17,19). The Kier molecular flexibility index (Phi) is 6.35. The van der Waals surface area contributed by atoms with E-state index in [4.69, 9.17) is 5.11 Å². The fourth-order valence-corrected chi connectivity index (χ4v) is 1.67. The number of halogens is 3. The summed E-state index contributed by atoms with van der Waals surface area (Å²) in [5.74, 6) is 4.05. The molecule has 1 aromatic heterocycles. The predicted octanol–water partition coefficient (Wildman–Crippen LogP) is 1.41. The molecule has 0 aromatic carbocycles. The predicted molar refractivity (Wildman–Crippen MR) is 69.0 cm³/mol. The lowest BCUT2D eigenvalue weighted by Gasteiger charge is -2.07. The fourth-order valence-electron chi connectivity index (χ4n) is 1.24. The number of alkyl halides is 3. The van der Waals surface area contributed by atoms with Crippen molar-refractivity contribution in [3.8, 4) is 11.8 Å². The maximum Gasteiger partial charge on any atom is 0.441 e. The lowest BCUT2D eigenvalue weighted by molar-refractivity contribution is -0.0327. The molecular formula is C12H11F3N2O2S. The number of aliphatic hydroxyl groups excluding tert-OH is 1. The van der Waals surface area contributed by atoms with E-state index in [9.17, 15) is 18.0 Å². The Morgan fingerprint density at radius 2 is 2.25 bits per heavy atom. The number of amides is 1. The van der Waals surface area contributed by atoms with E-state index in [1.165, 1.54) is 12.3 Å². The zero-order valence-electron chi connectivity index (χ0n) is 10.2. The second-order valence-electron chi connectivity index (χ2n) is 3.41. The topological polar surface area (TPSA) is 62.2 Å². The van der Waals surface area contributed by atoms with Crippen molar-refractivity contribution in [1.82, 2.24) is 10.3 Å². The van der Waals surface area contributed by atoms with Crippen molar-refractivity contribution in [3.05, 3.63) is 29.6 Å². The van der Waals surface area contributed by atoms with Gasteiger partial charge in [0.1, 0.15) is 12.3 Å². The van der Waals surface area contributed by atoms with Gasteiger partial charge in [-0.1, -0.05) is 11.8 Å². The third-order valence-corrected chi connectivity index (χ3v) is 2.71. The lowest BCUT2D eigenvalue weighted by atomic mass is 10.2. The molecule has 0 radical (unpaired) electrons. The molecule has 0 atom stereocenters. The highest BCUT2D eigenvalue weighted by molar-refractivity contribution is 8.00. The Balaban J connectivity index is 2.60. The van der Waals surface area contributed by atoms with Crippen LogP contribution in [0.25, 0.3) is 0 Å². The molecule has 4 nitrogen and oxygen atoms in total. The van der Waals surface area contributed by atoms with Gasteiger partial charge in [0.25, 0.3) is 5.91 Å². The summed E-state index contributed by atoms with van der Waals surface area (Å²) in [4.78, 5) is 15.6. The molecular weight excluding hydrogens is 293 g/mol. The minimum atomic E-state index is -4.31. The molecule has 0 aliphatic carbocycles. The summed E-state index contributed by atoms with van der Waals surface area (Å²) >= 11 is -0.207. The highest BCUT2D eigenvalue weighted by Crippen LogP contribution is 2.29. The molecule has 0 spiro atoms. The van der Waals surface area contributed by atoms with Gasteiger partial charge in [-0.15, -0.1) is 0 Å². The number of hydrogen-bond acceptors (Lipinski definition) is 4. The number of aliphatic hydroxyl groups is 1. The molecule has 0 unspecified atom stereocenters. The van der Waals surface area contributed by atoms with Crippen LogP contribution in [0.4, 0.5) is 13.2 Å². The van der Waals surface area contributed by atoms with Gasteiger partial charge in [-0.25, -0.2) is 4.98 Å². The number of nitrogens with one attached hydrogen (secondary N) is 1. The summed E-state index contributed by atoms with van der Waals surface area (Å²) < 4.78 is 35.7.